The van der Waals surface area contributed by atoms with Crippen molar-refractivity contribution in [3.05, 3.63) is 53.6 Å². The van der Waals surface area contributed by atoms with E-state index in [1.807, 2.05) is 13.8 Å². The van der Waals surface area contributed by atoms with Gasteiger partial charge in [0.1, 0.15) is 22.8 Å². The lowest BCUT2D eigenvalue weighted by Gasteiger charge is -2.53. The second kappa shape index (κ2) is 12.1. The van der Waals surface area contributed by atoms with Gasteiger partial charge in [0.15, 0.2) is 10.8 Å². The molecular weight excluding hydrogens is 610 g/mol. The number of aliphatic imine (C=N–C) groups is 1. The van der Waals surface area contributed by atoms with Gasteiger partial charge in [0.05, 0.1) is 24.8 Å². The summed E-state index contributed by atoms with van der Waals surface area (Å²) in [5.41, 5.74) is 2.16. The Balaban J connectivity index is 1.43. The molecule has 2 aromatic rings. The standard InChI is InChI=1S/C30H34F6N4O3S/c1-15(2)19-8-9-28(3,34)30(35,36)24(19)23-10-16-13-44-27(37)40-29(16,14-42-23)20-11-17(4-6-21(20)31)39-25(41)22-7-5-18(12-38-22)43-26(32)33/h4-7,11-12,15-16,19,23-24,26H,8-10,13-14H2,1-3H3,(H2,37,40)(H,39,41). The number of hydrogen-bond donors (Lipinski definition) is 2. The summed E-state index contributed by atoms with van der Waals surface area (Å²) in [6.07, 6.45) is 0.112. The second-order valence-electron chi connectivity index (χ2n) is 12.2. The molecule has 14 heteroatoms. The predicted octanol–water partition coefficient (Wildman–Crippen LogP) is 6.78. The number of rotatable bonds is 7. The molecule has 2 fully saturated rings. The van der Waals surface area contributed by atoms with Crippen molar-refractivity contribution < 1.29 is 40.6 Å². The molecule has 1 saturated heterocycles. The van der Waals surface area contributed by atoms with Gasteiger partial charge < -0.3 is 20.5 Å². The number of ether oxygens (including phenoxy) is 2. The summed E-state index contributed by atoms with van der Waals surface area (Å²) in [5, 5.41) is 2.78. The van der Waals surface area contributed by atoms with Crippen LogP contribution < -0.4 is 15.8 Å². The Kier molecular flexibility index (Phi) is 8.89. The number of halogens is 6. The number of thioether (sulfide) groups is 1. The number of benzene rings is 1. The van der Waals surface area contributed by atoms with Gasteiger partial charge in [0.25, 0.3) is 11.8 Å². The number of carbonyl (C=O) groups is 1. The summed E-state index contributed by atoms with van der Waals surface area (Å²) in [7, 11) is 0. The number of pyridine rings is 1. The van der Waals surface area contributed by atoms with Gasteiger partial charge >= 0.3 is 6.61 Å². The number of aromatic nitrogens is 1. The van der Waals surface area contributed by atoms with Crippen LogP contribution >= 0.6 is 11.8 Å². The Morgan fingerprint density at radius 3 is 2.61 bits per heavy atom. The molecule has 6 atom stereocenters. The van der Waals surface area contributed by atoms with Crippen LogP contribution in [0.4, 0.5) is 32.0 Å². The van der Waals surface area contributed by atoms with Crippen molar-refractivity contribution in [2.75, 3.05) is 17.7 Å². The van der Waals surface area contributed by atoms with Gasteiger partial charge in [-0.1, -0.05) is 25.6 Å². The summed E-state index contributed by atoms with van der Waals surface area (Å²) in [4.78, 5) is 21.3. The van der Waals surface area contributed by atoms with Crippen LogP contribution in [0.2, 0.25) is 0 Å². The maximum atomic E-state index is 15.7. The monoisotopic (exact) mass is 644 g/mol. The Morgan fingerprint density at radius 2 is 1.95 bits per heavy atom. The minimum atomic E-state index is -3.64. The van der Waals surface area contributed by atoms with Crippen molar-refractivity contribution in [3.8, 4) is 5.75 Å². The summed E-state index contributed by atoms with van der Waals surface area (Å²) < 4.78 is 97.5. The number of amides is 1. The van der Waals surface area contributed by atoms with E-state index in [2.05, 4.69) is 20.0 Å². The zero-order chi connectivity index (χ0) is 32.0. The molecule has 1 aliphatic carbocycles. The minimum Gasteiger partial charge on any atom is -0.433 e. The molecule has 3 heterocycles. The van der Waals surface area contributed by atoms with E-state index in [-0.39, 0.29) is 53.2 Å². The number of carbonyl (C=O) groups excluding carboxylic acids is 1. The van der Waals surface area contributed by atoms with Crippen LogP contribution in [0.5, 0.6) is 5.75 Å². The highest BCUT2D eigenvalue weighted by atomic mass is 32.2. The lowest BCUT2D eigenvalue weighted by Crippen LogP contribution is -2.61. The molecule has 7 nitrogen and oxygen atoms in total. The second-order valence-corrected chi connectivity index (χ2v) is 13.2. The van der Waals surface area contributed by atoms with Crippen LogP contribution in [-0.4, -0.2) is 52.7 Å². The molecule has 0 radical (unpaired) electrons. The summed E-state index contributed by atoms with van der Waals surface area (Å²) in [6, 6.07) is 6.20. The maximum absolute atomic E-state index is 15.7. The molecule has 0 bridgehead atoms. The smallest absolute Gasteiger partial charge is 0.387 e. The van der Waals surface area contributed by atoms with Crippen LogP contribution in [0.15, 0.2) is 41.5 Å². The lowest BCUT2D eigenvalue weighted by atomic mass is 9.62. The van der Waals surface area contributed by atoms with Crippen molar-refractivity contribution in [3.63, 3.8) is 0 Å². The fourth-order valence-electron chi connectivity index (χ4n) is 6.72. The molecule has 1 aromatic heterocycles. The molecule has 3 N–H and O–H groups in total. The highest BCUT2D eigenvalue weighted by Gasteiger charge is 2.65. The lowest BCUT2D eigenvalue weighted by molar-refractivity contribution is -0.251. The van der Waals surface area contributed by atoms with Gasteiger partial charge in [-0.2, -0.15) is 8.78 Å². The van der Waals surface area contributed by atoms with E-state index in [1.54, 1.807) is 0 Å². The van der Waals surface area contributed by atoms with Crippen molar-refractivity contribution in [2.45, 2.75) is 69.9 Å². The number of amidine groups is 1. The first kappa shape index (κ1) is 32.4. The predicted molar refractivity (Wildman–Crippen MR) is 154 cm³/mol. The molecule has 1 amide bonds. The average molecular weight is 645 g/mol. The number of fused-ring (bicyclic) bond motifs is 1. The fourth-order valence-corrected chi connectivity index (χ4v) is 7.73. The first-order valence-corrected chi connectivity index (χ1v) is 15.3. The number of anilines is 1. The molecular formula is C30H34F6N4O3S. The quantitative estimate of drug-likeness (QED) is 0.323. The van der Waals surface area contributed by atoms with E-state index in [1.165, 1.54) is 30.0 Å². The molecule has 6 unspecified atom stereocenters. The zero-order valence-corrected chi connectivity index (χ0v) is 25.2. The van der Waals surface area contributed by atoms with Crippen molar-refractivity contribution in [1.82, 2.24) is 4.98 Å². The number of nitrogens with two attached hydrogens (primary N) is 1. The van der Waals surface area contributed by atoms with Crippen molar-refractivity contribution in [1.29, 1.82) is 0 Å². The molecule has 240 valence electrons. The number of hydrogen-bond acceptors (Lipinski definition) is 7. The zero-order valence-electron chi connectivity index (χ0n) is 24.3. The number of nitrogens with one attached hydrogen (secondary N) is 1. The normalized spacial score (nSPS) is 31.8. The molecule has 3 aliphatic rings. The van der Waals surface area contributed by atoms with E-state index in [0.29, 0.717) is 12.2 Å². The summed E-state index contributed by atoms with van der Waals surface area (Å²) in [5.74, 6) is -7.35. The molecule has 5 rings (SSSR count). The van der Waals surface area contributed by atoms with Crippen molar-refractivity contribution in [2.24, 2.45) is 34.4 Å². The molecule has 1 saturated carbocycles. The largest absolute Gasteiger partial charge is 0.433 e. The van der Waals surface area contributed by atoms with Crippen LogP contribution in [0.1, 0.15) is 56.1 Å². The molecule has 2 aliphatic heterocycles. The summed E-state index contributed by atoms with van der Waals surface area (Å²) >= 11 is 1.23. The molecule has 1 aromatic carbocycles. The third-order valence-corrected chi connectivity index (χ3v) is 10.1. The van der Waals surface area contributed by atoms with E-state index < -0.39 is 59.3 Å². The van der Waals surface area contributed by atoms with Gasteiger partial charge in [-0.05, 0) is 68.4 Å². The first-order chi connectivity index (χ1) is 20.6. The van der Waals surface area contributed by atoms with E-state index in [0.717, 1.165) is 25.3 Å². The van der Waals surface area contributed by atoms with Crippen LogP contribution in [0, 0.1) is 29.5 Å². The third-order valence-electron chi connectivity index (χ3n) is 9.12. The van der Waals surface area contributed by atoms with Gasteiger partial charge in [0.2, 0.25) is 0 Å². The first-order valence-electron chi connectivity index (χ1n) is 14.3. The van der Waals surface area contributed by atoms with Gasteiger partial charge in [-0.25, -0.2) is 27.5 Å². The van der Waals surface area contributed by atoms with Gasteiger partial charge in [-0.3, -0.25) is 4.79 Å². The molecule has 44 heavy (non-hydrogen) atoms. The minimum absolute atomic E-state index is 0.0572. The van der Waals surface area contributed by atoms with Gasteiger partial charge in [0, 0.05) is 22.9 Å². The van der Waals surface area contributed by atoms with Crippen LogP contribution in [-0.2, 0) is 10.3 Å². The van der Waals surface area contributed by atoms with Crippen molar-refractivity contribution >= 4 is 28.5 Å². The van der Waals surface area contributed by atoms with E-state index in [9.17, 15) is 13.6 Å². The summed E-state index contributed by atoms with van der Waals surface area (Å²) in [6.45, 7) is 1.32. The van der Waals surface area contributed by atoms with E-state index in [4.69, 9.17) is 10.5 Å². The Morgan fingerprint density at radius 1 is 1.20 bits per heavy atom. The topological polar surface area (TPSA) is 98.8 Å². The van der Waals surface area contributed by atoms with Gasteiger partial charge in [-0.15, -0.1) is 0 Å². The van der Waals surface area contributed by atoms with Crippen LogP contribution in [0.25, 0.3) is 0 Å². The fraction of sp³-hybridized carbons (Fsp3) is 0.567. The highest BCUT2D eigenvalue weighted by Crippen LogP contribution is 2.57. The SMILES string of the molecule is CC(C)C1CCC(C)(F)C(F)(F)C1C1CC2CSC(N)=NC2(c2cc(NC(=O)c3ccc(OC(F)F)cn3)ccc2F)CO1. The maximum Gasteiger partial charge on any atom is 0.387 e. The highest BCUT2D eigenvalue weighted by molar-refractivity contribution is 8.13. The number of nitrogens with zero attached hydrogens (tertiary/aromatic N) is 2. The Bertz CT molecular complexity index is 1410. The number of alkyl halides is 5. The average Bonchev–Trinajstić information content (AvgIpc) is 2.95. The Hall–Kier alpha value is -3.00. The molecule has 0 spiro atoms. The van der Waals surface area contributed by atoms with Crippen LogP contribution in [0.3, 0.4) is 0 Å². The Labute approximate surface area is 255 Å². The third kappa shape index (κ3) is 5.99. The van der Waals surface area contributed by atoms with E-state index >= 15 is 17.6 Å².